The fraction of sp³-hybridized carbons (Fsp3) is 0.192. The van der Waals surface area contributed by atoms with Gasteiger partial charge in [-0.05, 0) is 43.3 Å². The van der Waals surface area contributed by atoms with E-state index < -0.39 is 0 Å². The Balaban J connectivity index is 1.40. The Hall–Kier alpha value is -4.37. The second kappa shape index (κ2) is 10.3. The van der Waals surface area contributed by atoms with Gasteiger partial charge in [0, 0.05) is 42.1 Å². The van der Waals surface area contributed by atoms with Gasteiger partial charge in [-0.1, -0.05) is 18.2 Å². The molecule has 0 radical (unpaired) electrons. The lowest BCUT2D eigenvalue weighted by Gasteiger charge is -2.27. The highest BCUT2D eigenvalue weighted by Gasteiger charge is 2.13. The highest BCUT2D eigenvalue weighted by Crippen LogP contribution is 2.28. The van der Waals surface area contributed by atoms with Crippen LogP contribution < -0.4 is 15.5 Å². The van der Waals surface area contributed by atoms with E-state index in [9.17, 15) is 4.79 Å². The van der Waals surface area contributed by atoms with Crippen LogP contribution in [0.2, 0.25) is 0 Å². The second-order valence-electron chi connectivity index (χ2n) is 7.99. The van der Waals surface area contributed by atoms with Gasteiger partial charge in [0.2, 0.25) is 11.9 Å². The fourth-order valence-electron chi connectivity index (χ4n) is 3.88. The minimum absolute atomic E-state index is 0.183. The van der Waals surface area contributed by atoms with Crippen LogP contribution in [0.4, 0.5) is 23.1 Å². The molecule has 0 saturated carbocycles. The lowest BCUT2D eigenvalue weighted by molar-refractivity contribution is -0.111. The maximum atomic E-state index is 11.9. The van der Waals surface area contributed by atoms with Crippen LogP contribution in [0, 0.1) is 0 Å². The van der Waals surface area contributed by atoms with Crippen LogP contribution >= 0.6 is 0 Å². The number of amides is 1. The molecule has 1 aromatic carbocycles. The Morgan fingerprint density at radius 3 is 2.71 bits per heavy atom. The van der Waals surface area contributed by atoms with E-state index in [1.165, 1.54) is 6.08 Å². The van der Waals surface area contributed by atoms with Crippen molar-refractivity contribution >= 4 is 40.0 Å². The van der Waals surface area contributed by atoms with E-state index in [2.05, 4.69) is 30.5 Å². The predicted molar refractivity (Wildman–Crippen MR) is 137 cm³/mol. The summed E-state index contributed by atoms with van der Waals surface area (Å²) in [6, 6.07) is 13.4. The fourth-order valence-corrected chi connectivity index (χ4v) is 3.88. The van der Waals surface area contributed by atoms with E-state index in [4.69, 9.17) is 9.72 Å². The summed E-state index contributed by atoms with van der Waals surface area (Å²) < 4.78 is 5.41. The summed E-state index contributed by atoms with van der Waals surface area (Å²) in [6.45, 7) is 4.91. The molecule has 0 unspecified atom stereocenters. The Bertz CT molecular complexity index is 1370. The third-order valence-electron chi connectivity index (χ3n) is 5.56. The number of morpholine rings is 1. The summed E-state index contributed by atoms with van der Waals surface area (Å²) in [5.74, 6) is 1.19. The zero-order valence-corrected chi connectivity index (χ0v) is 19.3. The largest absolute Gasteiger partial charge is 0.378 e. The van der Waals surface area contributed by atoms with E-state index in [1.807, 2.05) is 42.5 Å². The molecule has 0 atom stereocenters. The highest BCUT2D eigenvalue weighted by atomic mass is 16.5. The predicted octanol–water partition coefficient (Wildman–Crippen LogP) is 4.18. The first kappa shape index (κ1) is 22.4. The number of fused-ring (bicyclic) bond motifs is 1. The number of allylic oxidation sites excluding steroid dienone is 1. The van der Waals surface area contributed by atoms with Gasteiger partial charge < -0.3 is 20.3 Å². The third kappa shape index (κ3) is 5.25. The van der Waals surface area contributed by atoms with Gasteiger partial charge in [-0.3, -0.25) is 9.78 Å². The summed E-state index contributed by atoms with van der Waals surface area (Å²) in [7, 11) is 0. The van der Waals surface area contributed by atoms with Crippen molar-refractivity contribution in [2.45, 2.75) is 6.92 Å². The van der Waals surface area contributed by atoms with Crippen molar-refractivity contribution in [3.8, 4) is 11.3 Å². The topological polar surface area (TPSA) is 105 Å². The van der Waals surface area contributed by atoms with Crippen molar-refractivity contribution in [1.82, 2.24) is 19.9 Å². The molecule has 0 aliphatic carbocycles. The molecule has 5 rings (SSSR count). The molecule has 2 N–H and O–H groups in total. The molecule has 9 heteroatoms. The van der Waals surface area contributed by atoms with Gasteiger partial charge in [-0.25, -0.2) is 15.0 Å². The number of hydrogen-bond donors (Lipinski definition) is 2. The van der Waals surface area contributed by atoms with Crippen LogP contribution in [0.1, 0.15) is 6.92 Å². The number of nitrogens with one attached hydrogen (secondary N) is 2. The normalized spacial score (nSPS) is 13.8. The van der Waals surface area contributed by atoms with Gasteiger partial charge >= 0.3 is 0 Å². The monoisotopic (exact) mass is 467 g/mol. The maximum Gasteiger partial charge on any atom is 0.248 e. The van der Waals surface area contributed by atoms with E-state index >= 15 is 0 Å². The number of nitrogens with zero attached hydrogens (tertiary/aromatic N) is 5. The van der Waals surface area contributed by atoms with Crippen LogP contribution in [0.25, 0.3) is 22.2 Å². The molecule has 0 bridgehead atoms. The lowest BCUT2D eigenvalue weighted by Crippen LogP contribution is -2.36. The van der Waals surface area contributed by atoms with Crippen LogP contribution in [-0.4, -0.2) is 52.1 Å². The van der Waals surface area contributed by atoms with Crippen molar-refractivity contribution in [3.05, 3.63) is 73.2 Å². The zero-order valence-electron chi connectivity index (χ0n) is 19.3. The minimum Gasteiger partial charge on any atom is -0.378 e. The van der Waals surface area contributed by atoms with Crippen molar-refractivity contribution in [2.75, 3.05) is 41.8 Å². The number of carbonyl (C=O) groups excluding carboxylic acids is 1. The molecule has 35 heavy (non-hydrogen) atoms. The van der Waals surface area contributed by atoms with E-state index in [1.54, 1.807) is 31.6 Å². The Labute approximate surface area is 202 Å². The number of hydrogen-bond acceptors (Lipinski definition) is 8. The number of anilines is 4. The van der Waals surface area contributed by atoms with Gasteiger partial charge in [0.1, 0.15) is 11.3 Å². The number of benzene rings is 1. The smallest absolute Gasteiger partial charge is 0.248 e. The van der Waals surface area contributed by atoms with Gasteiger partial charge in [-0.15, -0.1) is 0 Å². The van der Waals surface area contributed by atoms with Crippen LogP contribution in [0.15, 0.2) is 73.2 Å². The van der Waals surface area contributed by atoms with Crippen molar-refractivity contribution in [2.24, 2.45) is 0 Å². The summed E-state index contributed by atoms with van der Waals surface area (Å²) in [5, 5.41) is 6.96. The van der Waals surface area contributed by atoms with Gasteiger partial charge in [0.25, 0.3) is 0 Å². The molecule has 1 amide bonds. The zero-order chi connectivity index (χ0) is 24.0. The average Bonchev–Trinajstić information content (AvgIpc) is 2.89. The molecule has 1 aliphatic heterocycles. The van der Waals surface area contributed by atoms with E-state index in [-0.39, 0.29) is 5.91 Å². The molecule has 176 valence electrons. The standard InChI is InChI=1S/C26H25N7O2/c1-2-4-23(34)30-20-6-3-5-18(15-20)24-25-19(9-10-27-24)16-29-26(32-25)31-21-7-8-22(28-17-21)33-11-13-35-14-12-33/h2-10,15-17H,11-14H2,1H3,(H,30,34)(H,29,31,32)/b4-2-. The number of aromatic nitrogens is 4. The van der Waals surface area contributed by atoms with Gasteiger partial charge in [-0.2, -0.15) is 0 Å². The molecular formula is C26H25N7O2. The molecule has 9 nitrogen and oxygen atoms in total. The number of pyridine rings is 2. The first-order valence-electron chi connectivity index (χ1n) is 11.4. The quantitative estimate of drug-likeness (QED) is 0.407. The second-order valence-corrected chi connectivity index (χ2v) is 7.99. The summed E-state index contributed by atoms with van der Waals surface area (Å²) in [6.07, 6.45) is 8.45. The molecule has 4 aromatic rings. The Kier molecular flexibility index (Phi) is 6.58. The molecule has 1 fully saturated rings. The van der Waals surface area contributed by atoms with E-state index in [0.717, 1.165) is 35.5 Å². The van der Waals surface area contributed by atoms with Gasteiger partial charge in [0.05, 0.1) is 30.8 Å². The SMILES string of the molecule is C/C=C\C(=O)Nc1cccc(-c2nccc3cnc(Nc4ccc(N5CCOCC5)nc4)nc23)c1. The van der Waals surface area contributed by atoms with Crippen LogP contribution in [-0.2, 0) is 9.53 Å². The first-order chi connectivity index (χ1) is 17.2. The minimum atomic E-state index is -0.183. The summed E-state index contributed by atoms with van der Waals surface area (Å²) in [5.41, 5.74) is 3.73. The molecule has 4 heterocycles. The van der Waals surface area contributed by atoms with E-state index in [0.29, 0.717) is 36.1 Å². The number of rotatable bonds is 6. The average molecular weight is 468 g/mol. The highest BCUT2D eigenvalue weighted by molar-refractivity contribution is 6.00. The number of carbonyl (C=O) groups is 1. The third-order valence-corrected chi connectivity index (χ3v) is 5.56. The lowest BCUT2D eigenvalue weighted by atomic mass is 10.1. The van der Waals surface area contributed by atoms with Crippen molar-refractivity contribution < 1.29 is 9.53 Å². The van der Waals surface area contributed by atoms with Gasteiger partial charge in [0.15, 0.2) is 0 Å². The molecule has 1 aliphatic rings. The molecule has 3 aromatic heterocycles. The molecule has 0 spiro atoms. The molecule has 1 saturated heterocycles. The molecular weight excluding hydrogens is 442 g/mol. The Morgan fingerprint density at radius 2 is 1.91 bits per heavy atom. The summed E-state index contributed by atoms with van der Waals surface area (Å²) >= 11 is 0. The van der Waals surface area contributed by atoms with Crippen molar-refractivity contribution in [3.63, 3.8) is 0 Å². The maximum absolute atomic E-state index is 11.9. The number of ether oxygens (including phenoxy) is 1. The van der Waals surface area contributed by atoms with Crippen molar-refractivity contribution in [1.29, 1.82) is 0 Å². The first-order valence-corrected chi connectivity index (χ1v) is 11.4. The van der Waals surface area contributed by atoms with Crippen LogP contribution in [0.3, 0.4) is 0 Å². The van der Waals surface area contributed by atoms with Crippen LogP contribution in [0.5, 0.6) is 0 Å². The Morgan fingerprint density at radius 1 is 1.03 bits per heavy atom. The summed E-state index contributed by atoms with van der Waals surface area (Å²) in [4.78, 5) is 32.5.